The predicted molar refractivity (Wildman–Crippen MR) is 53.2 cm³/mol. The fourth-order valence-electron chi connectivity index (χ4n) is 1.28. The first kappa shape index (κ1) is 11.1. The molecule has 0 saturated carbocycles. The van der Waals surface area contributed by atoms with Crippen LogP contribution < -0.4 is 5.73 Å². The summed E-state index contributed by atoms with van der Waals surface area (Å²) >= 11 is 0. The topological polar surface area (TPSA) is 26.0 Å². The molecule has 0 fully saturated rings. The maximum absolute atomic E-state index is 13.5. The van der Waals surface area contributed by atoms with Gasteiger partial charge >= 0.3 is 0 Å². The van der Waals surface area contributed by atoms with Gasteiger partial charge in [0.1, 0.15) is 0 Å². The minimum Gasteiger partial charge on any atom is -0.330 e. The average molecular weight is 199 g/mol. The lowest BCUT2D eigenvalue weighted by Crippen LogP contribution is -2.29. The van der Waals surface area contributed by atoms with Crippen molar-refractivity contribution in [3.63, 3.8) is 0 Å². The summed E-state index contributed by atoms with van der Waals surface area (Å²) in [6, 6.07) is 3.17. The van der Waals surface area contributed by atoms with E-state index in [1.54, 1.807) is 26.0 Å². The van der Waals surface area contributed by atoms with Gasteiger partial charge in [-0.05, 0) is 18.1 Å². The molecule has 14 heavy (non-hydrogen) atoms. The number of halogens is 2. The summed E-state index contributed by atoms with van der Waals surface area (Å²) in [4.78, 5) is 0. The van der Waals surface area contributed by atoms with E-state index in [-0.39, 0.29) is 6.54 Å². The van der Waals surface area contributed by atoms with Crippen molar-refractivity contribution < 1.29 is 8.78 Å². The highest BCUT2D eigenvalue weighted by atomic mass is 19.2. The molecule has 0 heterocycles. The van der Waals surface area contributed by atoms with Gasteiger partial charge in [-0.2, -0.15) is 0 Å². The zero-order chi connectivity index (χ0) is 10.9. The molecule has 0 aromatic heterocycles. The van der Waals surface area contributed by atoms with E-state index in [2.05, 4.69) is 0 Å². The lowest BCUT2D eigenvalue weighted by atomic mass is 9.84. The molecule has 0 spiro atoms. The van der Waals surface area contributed by atoms with Gasteiger partial charge in [-0.15, -0.1) is 0 Å². The molecule has 78 valence electrons. The van der Waals surface area contributed by atoms with Crippen molar-refractivity contribution in [1.82, 2.24) is 0 Å². The van der Waals surface area contributed by atoms with Gasteiger partial charge in [-0.25, -0.2) is 8.78 Å². The molecule has 0 unspecified atom stereocenters. The van der Waals surface area contributed by atoms with Crippen molar-refractivity contribution in [2.45, 2.75) is 26.2 Å². The van der Waals surface area contributed by atoms with Gasteiger partial charge in [0.25, 0.3) is 0 Å². The SMILES string of the molecule is Cc1ccc(C(C)(C)CN)c(F)c1F. The molecule has 0 saturated heterocycles. The number of hydrogen-bond donors (Lipinski definition) is 1. The number of aryl methyl sites for hydroxylation is 1. The van der Waals surface area contributed by atoms with Crippen LogP contribution in [0.15, 0.2) is 12.1 Å². The van der Waals surface area contributed by atoms with E-state index in [9.17, 15) is 8.78 Å². The zero-order valence-electron chi connectivity index (χ0n) is 8.70. The van der Waals surface area contributed by atoms with Crippen molar-refractivity contribution in [3.05, 3.63) is 34.9 Å². The van der Waals surface area contributed by atoms with Crippen LogP contribution in [0.1, 0.15) is 25.0 Å². The van der Waals surface area contributed by atoms with Gasteiger partial charge < -0.3 is 5.73 Å². The van der Waals surface area contributed by atoms with E-state index in [0.717, 1.165) is 0 Å². The molecule has 1 rings (SSSR count). The van der Waals surface area contributed by atoms with E-state index in [1.165, 1.54) is 6.92 Å². The normalized spacial score (nSPS) is 11.9. The van der Waals surface area contributed by atoms with Gasteiger partial charge in [-0.3, -0.25) is 0 Å². The second-order valence-electron chi connectivity index (χ2n) is 4.15. The molecule has 2 N–H and O–H groups in total. The Kier molecular flexibility index (Phi) is 2.90. The fourth-order valence-corrected chi connectivity index (χ4v) is 1.28. The molecule has 0 atom stereocenters. The quantitative estimate of drug-likeness (QED) is 0.778. The van der Waals surface area contributed by atoms with Crippen molar-refractivity contribution in [1.29, 1.82) is 0 Å². The van der Waals surface area contributed by atoms with E-state index in [1.807, 2.05) is 0 Å². The Morgan fingerprint density at radius 1 is 1.21 bits per heavy atom. The lowest BCUT2D eigenvalue weighted by molar-refractivity contribution is 0.448. The lowest BCUT2D eigenvalue weighted by Gasteiger charge is -2.24. The van der Waals surface area contributed by atoms with E-state index in [4.69, 9.17) is 5.73 Å². The van der Waals surface area contributed by atoms with Crippen molar-refractivity contribution in [3.8, 4) is 0 Å². The van der Waals surface area contributed by atoms with Crippen LogP contribution in [0.25, 0.3) is 0 Å². The van der Waals surface area contributed by atoms with Gasteiger partial charge in [-0.1, -0.05) is 26.0 Å². The summed E-state index contributed by atoms with van der Waals surface area (Å²) in [7, 11) is 0. The summed E-state index contributed by atoms with van der Waals surface area (Å²) in [5.41, 5.74) is 5.63. The summed E-state index contributed by atoms with van der Waals surface area (Å²) < 4.78 is 26.8. The summed E-state index contributed by atoms with van der Waals surface area (Å²) in [6.45, 7) is 5.41. The maximum atomic E-state index is 13.5. The monoisotopic (exact) mass is 199 g/mol. The van der Waals surface area contributed by atoms with Crippen molar-refractivity contribution in [2.75, 3.05) is 6.54 Å². The van der Waals surface area contributed by atoms with Crippen molar-refractivity contribution in [2.24, 2.45) is 5.73 Å². The molecule has 1 aromatic carbocycles. The second kappa shape index (κ2) is 3.65. The first-order valence-corrected chi connectivity index (χ1v) is 4.55. The molecule has 0 aliphatic carbocycles. The van der Waals surface area contributed by atoms with Crippen LogP contribution in [-0.4, -0.2) is 6.54 Å². The molecule has 0 bridgehead atoms. The van der Waals surface area contributed by atoms with Gasteiger partial charge in [0.05, 0.1) is 0 Å². The summed E-state index contributed by atoms with van der Waals surface area (Å²) in [5.74, 6) is -1.55. The largest absolute Gasteiger partial charge is 0.330 e. The van der Waals surface area contributed by atoms with Gasteiger partial charge in [0.15, 0.2) is 11.6 Å². The zero-order valence-corrected chi connectivity index (χ0v) is 8.70. The Hall–Kier alpha value is -0.960. The molecule has 1 nitrogen and oxygen atoms in total. The first-order valence-electron chi connectivity index (χ1n) is 4.55. The third-order valence-electron chi connectivity index (χ3n) is 2.51. The molecule has 0 radical (unpaired) electrons. The van der Waals surface area contributed by atoms with Crippen LogP contribution in [0.5, 0.6) is 0 Å². The van der Waals surface area contributed by atoms with Crippen molar-refractivity contribution >= 4 is 0 Å². The highest BCUT2D eigenvalue weighted by molar-refractivity contribution is 5.31. The molecule has 0 aliphatic heterocycles. The third-order valence-corrected chi connectivity index (χ3v) is 2.51. The molecule has 3 heteroatoms. The standard InChI is InChI=1S/C11H15F2N/c1-7-4-5-8(10(13)9(7)12)11(2,3)6-14/h4-5H,6,14H2,1-3H3. The Morgan fingerprint density at radius 3 is 2.29 bits per heavy atom. The third kappa shape index (κ3) is 1.77. The maximum Gasteiger partial charge on any atom is 0.162 e. The molecule has 1 aromatic rings. The van der Waals surface area contributed by atoms with E-state index >= 15 is 0 Å². The minimum absolute atomic E-state index is 0.284. The smallest absolute Gasteiger partial charge is 0.162 e. The summed E-state index contributed by atoms with van der Waals surface area (Å²) in [5, 5.41) is 0. The molecule has 0 amide bonds. The predicted octanol–water partition coefficient (Wildman–Crippen LogP) is 2.51. The van der Waals surface area contributed by atoms with Gasteiger partial charge in [0, 0.05) is 12.0 Å². The van der Waals surface area contributed by atoms with Gasteiger partial charge in [0.2, 0.25) is 0 Å². The van der Waals surface area contributed by atoms with Crippen LogP contribution in [0.3, 0.4) is 0 Å². The number of rotatable bonds is 2. The highest BCUT2D eigenvalue weighted by Crippen LogP contribution is 2.27. The molecular formula is C11H15F2N. The number of nitrogens with two attached hydrogens (primary N) is 1. The summed E-state index contributed by atoms with van der Waals surface area (Å²) in [6.07, 6.45) is 0. The second-order valence-corrected chi connectivity index (χ2v) is 4.15. The highest BCUT2D eigenvalue weighted by Gasteiger charge is 2.24. The van der Waals surface area contributed by atoms with Crippen LogP contribution in [0.2, 0.25) is 0 Å². The first-order chi connectivity index (χ1) is 6.40. The van der Waals surface area contributed by atoms with Crippen LogP contribution in [0, 0.1) is 18.6 Å². The Labute approximate surface area is 82.9 Å². The molecule has 0 aliphatic rings. The van der Waals surface area contributed by atoms with E-state index < -0.39 is 17.0 Å². The Morgan fingerprint density at radius 2 is 1.79 bits per heavy atom. The van der Waals surface area contributed by atoms with Crippen LogP contribution in [0.4, 0.5) is 8.78 Å². The Balaban J connectivity index is 3.31. The van der Waals surface area contributed by atoms with E-state index in [0.29, 0.717) is 11.1 Å². The number of hydrogen-bond acceptors (Lipinski definition) is 1. The van der Waals surface area contributed by atoms with Crippen LogP contribution >= 0.6 is 0 Å². The Bertz CT molecular complexity index is 345. The minimum atomic E-state index is -0.777. The van der Waals surface area contributed by atoms with Crippen LogP contribution in [-0.2, 0) is 5.41 Å². The number of benzene rings is 1. The molecular weight excluding hydrogens is 184 g/mol. The average Bonchev–Trinajstić information content (AvgIpc) is 2.14. The fraction of sp³-hybridized carbons (Fsp3) is 0.455.